The van der Waals surface area contributed by atoms with Crippen molar-refractivity contribution in [2.24, 2.45) is 11.8 Å². The van der Waals surface area contributed by atoms with Crippen molar-refractivity contribution in [1.82, 2.24) is 15.1 Å². The Morgan fingerprint density at radius 1 is 1.27 bits per heavy atom. The van der Waals surface area contributed by atoms with Gasteiger partial charge in [0.1, 0.15) is 12.3 Å². The van der Waals surface area contributed by atoms with Crippen LogP contribution in [-0.2, 0) is 11.3 Å². The van der Waals surface area contributed by atoms with Gasteiger partial charge in [-0.15, -0.1) is 0 Å². The highest BCUT2D eigenvalue weighted by atomic mass is 16.5. The Kier molecular flexibility index (Phi) is 4.74. The first-order chi connectivity index (χ1) is 12.6. The van der Waals surface area contributed by atoms with Crippen LogP contribution in [0.15, 0.2) is 24.3 Å². The smallest absolute Gasteiger partial charge is 0.318 e. The van der Waals surface area contributed by atoms with Gasteiger partial charge in [0, 0.05) is 25.7 Å². The van der Waals surface area contributed by atoms with Gasteiger partial charge in [0.15, 0.2) is 0 Å². The van der Waals surface area contributed by atoms with Gasteiger partial charge in [-0.1, -0.05) is 18.6 Å². The zero-order valence-electron chi connectivity index (χ0n) is 15.3. The summed E-state index contributed by atoms with van der Waals surface area (Å²) in [6.45, 7) is 1.87. The topological polar surface area (TPSA) is 61.9 Å². The Balaban J connectivity index is 1.30. The number of piperazine rings is 1. The SMILES string of the molecule is COc1cccc(CN2CCN(C(=O)N[C@@H]3C[C@@H]4CC[C@H]3C4)CC2=O)c1. The van der Waals surface area contributed by atoms with Crippen LogP contribution in [0.5, 0.6) is 5.75 Å². The van der Waals surface area contributed by atoms with E-state index in [2.05, 4.69) is 5.32 Å². The number of rotatable bonds is 4. The predicted octanol–water partition coefficient (Wildman–Crippen LogP) is 2.24. The summed E-state index contributed by atoms with van der Waals surface area (Å²) >= 11 is 0. The fourth-order valence-corrected chi connectivity index (χ4v) is 4.71. The van der Waals surface area contributed by atoms with Gasteiger partial charge >= 0.3 is 6.03 Å². The lowest BCUT2D eigenvalue weighted by Crippen LogP contribution is -2.56. The van der Waals surface area contributed by atoms with Crippen LogP contribution in [0.3, 0.4) is 0 Å². The van der Waals surface area contributed by atoms with Crippen LogP contribution < -0.4 is 10.1 Å². The van der Waals surface area contributed by atoms with Gasteiger partial charge in [0.25, 0.3) is 0 Å². The lowest BCUT2D eigenvalue weighted by Gasteiger charge is -2.35. The molecule has 4 rings (SSSR count). The molecule has 140 valence electrons. The first-order valence-corrected chi connectivity index (χ1v) is 9.58. The molecule has 1 aromatic rings. The van der Waals surface area contributed by atoms with E-state index in [0.29, 0.717) is 31.6 Å². The Morgan fingerprint density at radius 3 is 2.85 bits per heavy atom. The van der Waals surface area contributed by atoms with E-state index in [1.807, 2.05) is 29.2 Å². The van der Waals surface area contributed by atoms with E-state index in [-0.39, 0.29) is 18.5 Å². The second-order valence-corrected chi connectivity index (χ2v) is 7.82. The number of benzene rings is 1. The second kappa shape index (κ2) is 7.17. The normalized spacial score (nSPS) is 27.7. The van der Waals surface area contributed by atoms with Crippen LogP contribution in [0.25, 0.3) is 0 Å². The Morgan fingerprint density at radius 2 is 2.15 bits per heavy atom. The van der Waals surface area contributed by atoms with Gasteiger partial charge in [-0.3, -0.25) is 4.79 Å². The van der Waals surface area contributed by atoms with Gasteiger partial charge in [0.2, 0.25) is 5.91 Å². The van der Waals surface area contributed by atoms with Crippen molar-refractivity contribution in [1.29, 1.82) is 0 Å². The summed E-state index contributed by atoms with van der Waals surface area (Å²) in [5.74, 6) is 2.24. The highest BCUT2D eigenvalue weighted by molar-refractivity contribution is 5.85. The Hall–Kier alpha value is -2.24. The van der Waals surface area contributed by atoms with E-state index in [1.54, 1.807) is 12.0 Å². The van der Waals surface area contributed by atoms with Crippen LogP contribution in [0.4, 0.5) is 4.79 Å². The number of ether oxygens (including phenoxy) is 1. The van der Waals surface area contributed by atoms with E-state index in [1.165, 1.54) is 19.3 Å². The standard InChI is InChI=1S/C20H27N3O3/c1-26-17-4-2-3-15(10-17)12-22-7-8-23(13-19(22)24)20(25)21-18-11-14-5-6-16(18)9-14/h2-4,10,14,16,18H,5-9,11-13H2,1H3,(H,21,25)/t14-,16+,18-/m1/s1. The molecular weight excluding hydrogens is 330 g/mol. The number of urea groups is 1. The third-order valence-corrected chi connectivity index (χ3v) is 6.16. The van der Waals surface area contributed by atoms with Crippen LogP contribution in [0, 0.1) is 11.8 Å². The third kappa shape index (κ3) is 3.50. The number of hydrogen-bond acceptors (Lipinski definition) is 3. The number of methoxy groups -OCH3 is 1. The molecule has 0 spiro atoms. The molecule has 26 heavy (non-hydrogen) atoms. The van der Waals surface area contributed by atoms with Crippen molar-refractivity contribution in [3.63, 3.8) is 0 Å². The fraction of sp³-hybridized carbons (Fsp3) is 0.600. The average molecular weight is 357 g/mol. The molecule has 2 aliphatic carbocycles. The highest BCUT2D eigenvalue weighted by Gasteiger charge is 2.41. The summed E-state index contributed by atoms with van der Waals surface area (Å²) in [5.41, 5.74) is 1.04. The van der Waals surface area contributed by atoms with Crippen LogP contribution >= 0.6 is 0 Å². The number of hydrogen-bond donors (Lipinski definition) is 1. The zero-order valence-corrected chi connectivity index (χ0v) is 15.3. The van der Waals surface area contributed by atoms with Crippen molar-refractivity contribution in [3.05, 3.63) is 29.8 Å². The van der Waals surface area contributed by atoms with E-state index >= 15 is 0 Å². The molecule has 1 saturated heterocycles. The largest absolute Gasteiger partial charge is 0.497 e. The average Bonchev–Trinajstić information content (AvgIpc) is 3.26. The maximum Gasteiger partial charge on any atom is 0.318 e. The number of carbonyl (C=O) groups is 2. The van der Waals surface area contributed by atoms with Gasteiger partial charge < -0.3 is 19.9 Å². The fourth-order valence-electron chi connectivity index (χ4n) is 4.71. The number of nitrogens with zero attached hydrogens (tertiary/aromatic N) is 2. The van der Waals surface area contributed by atoms with E-state index in [4.69, 9.17) is 4.74 Å². The maximum atomic E-state index is 12.6. The van der Waals surface area contributed by atoms with Crippen molar-refractivity contribution < 1.29 is 14.3 Å². The van der Waals surface area contributed by atoms with Crippen LogP contribution in [0.2, 0.25) is 0 Å². The summed E-state index contributed by atoms with van der Waals surface area (Å²) in [7, 11) is 1.64. The van der Waals surface area contributed by atoms with Crippen LogP contribution in [-0.4, -0.2) is 54.5 Å². The summed E-state index contributed by atoms with van der Waals surface area (Å²) in [4.78, 5) is 28.5. The molecule has 6 heteroatoms. The number of nitrogens with one attached hydrogen (secondary N) is 1. The molecule has 1 aromatic carbocycles. The summed E-state index contributed by atoms with van der Waals surface area (Å²) < 4.78 is 5.24. The molecule has 1 N–H and O–H groups in total. The van der Waals surface area contributed by atoms with Crippen molar-refractivity contribution in [2.45, 2.75) is 38.3 Å². The second-order valence-electron chi connectivity index (χ2n) is 7.82. The molecule has 0 aromatic heterocycles. The number of amides is 3. The van der Waals surface area contributed by atoms with E-state index < -0.39 is 0 Å². The first kappa shape index (κ1) is 17.2. The summed E-state index contributed by atoms with van der Waals surface area (Å²) in [6, 6.07) is 8.00. The minimum absolute atomic E-state index is 0.00200. The van der Waals surface area contributed by atoms with Crippen molar-refractivity contribution >= 4 is 11.9 Å². The van der Waals surface area contributed by atoms with E-state index in [9.17, 15) is 9.59 Å². The molecule has 2 bridgehead atoms. The third-order valence-electron chi connectivity index (χ3n) is 6.16. The van der Waals surface area contributed by atoms with Crippen LogP contribution in [0.1, 0.15) is 31.2 Å². The molecule has 0 unspecified atom stereocenters. The molecule has 3 amide bonds. The molecule has 3 fully saturated rings. The molecule has 2 saturated carbocycles. The molecule has 3 atom stereocenters. The van der Waals surface area contributed by atoms with Crippen molar-refractivity contribution in [3.8, 4) is 5.75 Å². The molecule has 1 heterocycles. The van der Waals surface area contributed by atoms with Gasteiger partial charge in [-0.2, -0.15) is 0 Å². The minimum atomic E-state index is -0.0723. The molecular formula is C20H27N3O3. The number of fused-ring (bicyclic) bond motifs is 2. The molecule has 0 radical (unpaired) electrons. The summed E-state index contributed by atoms with van der Waals surface area (Å²) in [6.07, 6.45) is 4.93. The summed E-state index contributed by atoms with van der Waals surface area (Å²) in [5, 5.41) is 3.18. The quantitative estimate of drug-likeness (QED) is 0.899. The van der Waals surface area contributed by atoms with Gasteiger partial charge in [-0.05, 0) is 48.8 Å². The van der Waals surface area contributed by atoms with Gasteiger partial charge in [-0.25, -0.2) is 4.79 Å². The van der Waals surface area contributed by atoms with Gasteiger partial charge in [0.05, 0.1) is 7.11 Å². The first-order valence-electron chi connectivity index (χ1n) is 9.58. The Labute approximate surface area is 154 Å². The number of carbonyl (C=O) groups excluding carboxylic acids is 2. The van der Waals surface area contributed by atoms with E-state index in [0.717, 1.165) is 23.7 Å². The zero-order chi connectivity index (χ0) is 18.1. The monoisotopic (exact) mass is 357 g/mol. The lowest BCUT2D eigenvalue weighted by atomic mass is 9.95. The maximum absolute atomic E-state index is 12.6. The highest BCUT2D eigenvalue weighted by Crippen LogP contribution is 2.44. The predicted molar refractivity (Wildman–Crippen MR) is 97.8 cm³/mol. The Bertz CT molecular complexity index is 693. The molecule has 3 aliphatic rings. The minimum Gasteiger partial charge on any atom is -0.497 e. The molecule has 1 aliphatic heterocycles. The molecule has 6 nitrogen and oxygen atoms in total. The van der Waals surface area contributed by atoms with Crippen molar-refractivity contribution in [2.75, 3.05) is 26.7 Å². The lowest BCUT2D eigenvalue weighted by molar-refractivity contribution is -0.135.